The lowest BCUT2D eigenvalue weighted by Gasteiger charge is -2.14. The SMILES string of the molecule is CC(=O)C1CCN(C(=O)c2ccoc2)C1. The molecule has 2 heterocycles. The number of amides is 1. The van der Waals surface area contributed by atoms with Crippen LogP contribution in [-0.4, -0.2) is 29.7 Å². The Bertz CT molecular complexity index is 369. The molecule has 1 fully saturated rings. The van der Waals surface area contributed by atoms with Crippen LogP contribution < -0.4 is 0 Å². The van der Waals surface area contributed by atoms with E-state index >= 15 is 0 Å². The van der Waals surface area contributed by atoms with Gasteiger partial charge in [-0.25, -0.2) is 0 Å². The molecule has 0 N–H and O–H groups in total. The van der Waals surface area contributed by atoms with Crippen LogP contribution in [0.5, 0.6) is 0 Å². The zero-order chi connectivity index (χ0) is 10.8. The van der Waals surface area contributed by atoms with Gasteiger partial charge in [-0.15, -0.1) is 0 Å². The van der Waals surface area contributed by atoms with Crippen molar-refractivity contribution in [1.82, 2.24) is 4.90 Å². The van der Waals surface area contributed by atoms with Crippen molar-refractivity contribution in [2.45, 2.75) is 13.3 Å². The molecule has 1 saturated heterocycles. The first-order valence-electron chi connectivity index (χ1n) is 5.00. The van der Waals surface area contributed by atoms with Gasteiger partial charge in [0.25, 0.3) is 5.91 Å². The van der Waals surface area contributed by atoms with Crippen LogP contribution >= 0.6 is 0 Å². The molecule has 1 aliphatic rings. The highest BCUT2D eigenvalue weighted by Crippen LogP contribution is 2.19. The molecule has 0 aliphatic carbocycles. The number of ketones is 1. The van der Waals surface area contributed by atoms with Gasteiger partial charge in [-0.2, -0.15) is 0 Å². The Morgan fingerprint density at radius 1 is 1.53 bits per heavy atom. The van der Waals surface area contributed by atoms with Crippen LogP contribution in [0, 0.1) is 5.92 Å². The maximum atomic E-state index is 11.8. The summed E-state index contributed by atoms with van der Waals surface area (Å²) in [6, 6.07) is 1.64. The monoisotopic (exact) mass is 207 g/mol. The van der Waals surface area contributed by atoms with Crippen molar-refractivity contribution < 1.29 is 14.0 Å². The molecule has 15 heavy (non-hydrogen) atoms. The molecule has 1 aromatic heterocycles. The normalized spacial score (nSPS) is 20.6. The number of likely N-dealkylation sites (tertiary alicyclic amines) is 1. The molecule has 0 spiro atoms. The van der Waals surface area contributed by atoms with E-state index in [2.05, 4.69) is 0 Å². The van der Waals surface area contributed by atoms with Crippen molar-refractivity contribution in [3.05, 3.63) is 24.2 Å². The zero-order valence-corrected chi connectivity index (χ0v) is 8.60. The molecule has 0 bridgehead atoms. The summed E-state index contributed by atoms with van der Waals surface area (Å²) in [5.41, 5.74) is 0.555. The van der Waals surface area contributed by atoms with Gasteiger partial charge in [0.05, 0.1) is 11.8 Å². The summed E-state index contributed by atoms with van der Waals surface area (Å²) in [7, 11) is 0. The number of nitrogens with zero attached hydrogens (tertiary/aromatic N) is 1. The van der Waals surface area contributed by atoms with Crippen LogP contribution in [0.3, 0.4) is 0 Å². The Kier molecular flexibility index (Phi) is 2.58. The fourth-order valence-electron chi connectivity index (χ4n) is 1.85. The van der Waals surface area contributed by atoms with Crippen LogP contribution in [0.1, 0.15) is 23.7 Å². The Morgan fingerprint density at radius 3 is 2.87 bits per heavy atom. The van der Waals surface area contributed by atoms with Gasteiger partial charge in [0.2, 0.25) is 0 Å². The molecular weight excluding hydrogens is 194 g/mol. The second-order valence-electron chi connectivity index (χ2n) is 3.86. The van der Waals surface area contributed by atoms with Crippen LogP contribution in [0.2, 0.25) is 0 Å². The van der Waals surface area contributed by atoms with E-state index in [4.69, 9.17) is 4.42 Å². The van der Waals surface area contributed by atoms with Gasteiger partial charge in [-0.3, -0.25) is 9.59 Å². The zero-order valence-electron chi connectivity index (χ0n) is 8.60. The number of rotatable bonds is 2. The summed E-state index contributed by atoms with van der Waals surface area (Å²) >= 11 is 0. The third-order valence-electron chi connectivity index (χ3n) is 2.82. The number of Topliss-reactive ketones (excluding diaryl/α,β-unsaturated/α-hetero) is 1. The smallest absolute Gasteiger partial charge is 0.257 e. The minimum absolute atomic E-state index is 0.0147. The van der Waals surface area contributed by atoms with Gasteiger partial charge >= 0.3 is 0 Å². The van der Waals surface area contributed by atoms with E-state index in [1.54, 1.807) is 17.9 Å². The molecule has 1 unspecified atom stereocenters. The van der Waals surface area contributed by atoms with Crippen LogP contribution in [-0.2, 0) is 4.79 Å². The van der Waals surface area contributed by atoms with Crippen LogP contribution in [0.25, 0.3) is 0 Å². The van der Waals surface area contributed by atoms with Gasteiger partial charge in [-0.1, -0.05) is 0 Å². The summed E-state index contributed by atoms with van der Waals surface area (Å²) in [6.07, 6.45) is 3.69. The summed E-state index contributed by atoms with van der Waals surface area (Å²) < 4.78 is 4.86. The summed E-state index contributed by atoms with van der Waals surface area (Å²) in [5.74, 6) is 0.130. The van der Waals surface area contributed by atoms with Gasteiger partial charge in [-0.05, 0) is 19.4 Å². The van der Waals surface area contributed by atoms with Crippen molar-refractivity contribution in [2.75, 3.05) is 13.1 Å². The van der Waals surface area contributed by atoms with Crippen LogP contribution in [0.4, 0.5) is 0 Å². The van der Waals surface area contributed by atoms with E-state index in [0.717, 1.165) is 6.42 Å². The van der Waals surface area contributed by atoms with Gasteiger partial charge in [0.15, 0.2) is 0 Å². The van der Waals surface area contributed by atoms with E-state index < -0.39 is 0 Å². The largest absolute Gasteiger partial charge is 0.472 e. The summed E-state index contributed by atoms with van der Waals surface area (Å²) in [5, 5.41) is 0. The van der Waals surface area contributed by atoms with Crippen LogP contribution in [0.15, 0.2) is 23.0 Å². The summed E-state index contributed by atoms with van der Waals surface area (Å²) in [4.78, 5) is 24.7. The highest BCUT2D eigenvalue weighted by atomic mass is 16.3. The maximum Gasteiger partial charge on any atom is 0.257 e. The Labute approximate surface area is 87.9 Å². The highest BCUT2D eigenvalue weighted by molar-refractivity contribution is 5.94. The lowest BCUT2D eigenvalue weighted by Crippen LogP contribution is -2.29. The molecule has 0 aromatic carbocycles. The molecule has 80 valence electrons. The molecule has 0 saturated carbocycles. The number of hydrogen-bond donors (Lipinski definition) is 0. The molecule has 2 rings (SSSR count). The van der Waals surface area contributed by atoms with E-state index in [0.29, 0.717) is 18.7 Å². The second kappa shape index (κ2) is 3.88. The first-order valence-corrected chi connectivity index (χ1v) is 5.00. The third-order valence-corrected chi connectivity index (χ3v) is 2.82. The molecule has 0 radical (unpaired) electrons. The number of carbonyl (C=O) groups excluding carboxylic acids is 2. The van der Waals surface area contributed by atoms with E-state index in [1.165, 1.54) is 12.5 Å². The summed E-state index contributed by atoms with van der Waals surface area (Å²) in [6.45, 7) is 2.78. The number of carbonyl (C=O) groups is 2. The van der Waals surface area contributed by atoms with Gasteiger partial charge in [0.1, 0.15) is 12.0 Å². The highest BCUT2D eigenvalue weighted by Gasteiger charge is 2.29. The molecule has 1 aromatic rings. The molecular formula is C11H13NO3. The maximum absolute atomic E-state index is 11.8. The van der Waals surface area contributed by atoms with E-state index in [-0.39, 0.29) is 17.6 Å². The number of hydrogen-bond acceptors (Lipinski definition) is 3. The average molecular weight is 207 g/mol. The minimum Gasteiger partial charge on any atom is -0.472 e. The lowest BCUT2D eigenvalue weighted by atomic mass is 10.1. The molecule has 4 nitrogen and oxygen atoms in total. The predicted molar refractivity (Wildman–Crippen MR) is 53.4 cm³/mol. The van der Waals surface area contributed by atoms with Crippen molar-refractivity contribution in [3.63, 3.8) is 0 Å². The fraction of sp³-hybridized carbons (Fsp3) is 0.455. The lowest BCUT2D eigenvalue weighted by molar-refractivity contribution is -0.120. The van der Waals surface area contributed by atoms with Gasteiger partial charge in [0, 0.05) is 19.0 Å². The second-order valence-corrected chi connectivity index (χ2v) is 3.86. The van der Waals surface area contributed by atoms with E-state index in [1.807, 2.05) is 0 Å². The molecule has 4 heteroatoms. The van der Waals surface area contributed by atoms with Crippen molar-refractivity contribution in [1.29, 1.82) is 0 Å². The van der Waals surface area contributed by atoms with E-state index in [9.17, 15) is 9.59 Å². The Balaban J connectivity index is 2.02. The third kappa shape index (κ3) is 1.93. The topological polar surface area (TPSA) is 50.5 Å². The average Bonchev–Trinajstić information content (AvgIpc) is 2.88. The standard InChI is InChI=1S/C11H13NO3/c1-8(13)9-2-4-12(6-9)11(14)10-3-5-15-7-10/h3,5,7,9H,2,4,6H2,1H3. The minimum atomic E-state index is -0.0486. The van der Waals surface area contributed by atoms with Crippen molar-refractivity contribution >= 4 is 11.7 Å². The fourth-order valence-corrected chi connectivity index (χ4v) is 1.85. The Morgan fingerprint density at radius 2 is 2.33 bits per heavy atom. The quantitative estimate of drug-likeness (QED) is 0.735. The van der Waals surface area contributed by atoms with Crippen molar-refractivity contribution in [3.8, 4) is 0 Å². The Hall–Kier alpha value is -1.58. The first-order chi connectivity index (χ1) is 7.18. The number of furan rings is 1. The molecule has 1 aliphatic heterocycles. The predicted octanol–water partition coefficient (Wildman–Crippen LogP) is 1.33. The molecule has 1 amide bonds. The first kappa shape index (κ1) is 9.96. The van der Waals surface area contributed by atoms with Gasteiger partial charge < -0.3 is 9.32 Å². The molecule has 1 atom stereocenters. The van der Waals surface area contributed by atoms with Crippen molar-refractivity contribution in [2.24, 2.45) is 5.92 Å².